The molecule has 0 aliphatic heterocycles. The van der Waals surface area contributed by atoms with E-state index >= 15 is 0 Å². The Kier molecular flexibility index (Phi) is 13.6. The molecule has 6 atom stereocenters. The number of hydrogen-bond acceptors (Lipinski definition) is 9. The van der Waals surface area contributed by atoms with Crippen LogP contribution in [0.4, 0.5) is 9.18 Å². The van der Waals surface area contributed by atoms with Crippen LogP contribution in [0.1, 0.15) is 54.3 Å². The molecule has 1 aliphatic carbocycles. The van der Waals surface area contributed by atoms with Crippen molar-refractivity contribution in [1.82, 2.24) is 20.9 Å². The molecular formula is C40H47FN4O7S. The molecule has 0 saturated carbocycles. The first-order valence-corrected chi connectivity index (χ1v) is 18.6. The van der Waals surface area contributed by atoms with Gasteiger partial charge in [0.2, 0.25) is 17.7 Å². The molecule has 0 radical (unpaired) electrons. The summed E-state index contributed by atoms with van der Waals surface area (Å²) >= 11 is 1.57. The van der Waals surface area contributed by atoms with Crippen LogP contribution >= 0.6 is 11.3 Å². The van der Waals surface area contributed by atoms with E-state index in [1.54, 1.807) is 62.8 Å². The maximum atomic E-state index is 15.0. The van der Waals surface area contributed by atoms with Crippen molar-refractivity contribution in [1.29, 1.82) is 0 Å². The molecule has 53 heavy (non-hydrogen) atoms. The van der Waals surface area contributed by atoms with Crippen LogP contribution in [0.15, 0.2) is 78.3 Å². The van der Waals surface area contributed by atoms with E-state index in [9.17, 15) is 29.0 Å². The van der Waals surface area contributed by atoms with Crippen molar-refractivity contribution in [2.75, 3.05) is 14.2 Å². The highest BCUT2D eigenvalue weighted by atomic mass is 32.1. The molecule has 0 fully saturated rings. The van der Waals surface area contributed by atoms with E-state index in [-0.39, 0.29) is 25.2 Å². The number of carbonyl (C=O) groups is 3. The second-order valence-electron chi connectivity index (χ2n) is 13.6. The molecule has 4 aromatic rings. The number of halogens is 1. The third-order valence-electron chi connectivity index (χ3n) is 9.67. The second-order valence-corrected chi connectivity index (χ2v) is 14.7. The summed E-state index contributed by atoms with van der Waals surface area (Å²) in [6.07, 6.45) is 0.0227. The minimum atomic E-state index is -1.29. The molecule has 2 aromatic heterocycles. The maximum Gasteiger partial charge on any atom is 0.407 e. The molecule has 282 valence electrons. The number of methoxy groups -OCH3 is 2. The topological polar surface area (TPSA) is 159 Å². The molecule has 0 bridgehead atoms. The number of nitrogens with one attached hydrogen (secondary N) is 3. The van der Waals surface area contributed by atoms with Gasteiger partial charge < -0.3 is 35.6 Å². The number of benzene rings is 2. The predicted octanol–water partition coefficient (Wildman–Crippen LogP) is 5.14. The number of thiophene rings is 1. The SMILES string of the molecule is COC(=O)N[C@H](C(=O)N[C@@H](Cc1ccc(-c2ccc(OC)nc2)cc1)[C@@H](O)C[C@@H](Cc1ccccc1F)C(=O)N[C@H]1c2ccsc2CC[C@H]1O)C(C)C. The maximum absolute atomic E-state index is 15.0. The number of aromatic nitrogens is 1. The smallest absolute Gasteiger partial charge is 0.407 e. The number of fused-ring (bicyclic) bond motifs is 1. The lowest BCUT2D eigenvalue weighted by Gasteiger charge is -2.32. The van der Waals surface area contributed by atoms with Crippen LogP contribution in [0.5, 0.6) is 5.88 Å². The highest BCUT2D eigenvalue weighted by Gasteiger charge is 2.35. The first-order valence-electron chi connectivity index (χ1n) is 17.7. The van der Waals surface area contributed by atoms with Crippen molar-refractivity contribution in [3.8, 4) is 17.0 Å². The number of carbonyl (C=O) groups excluding carboxylic acids is 3. The fraction of sp³-hybridized carbons (Fsp3) is 0.400. The summed E-state index contributed by atoms with van der Waals surface area (Å²) in [5.41, 5.74) is 3.70. The van der Waals surface area contributed by atoms with Crippen molar-refractivity contribution in [2.24, 2.45) is 11.8 Å². The number of aliphatic hydroxyl groups is 2. The number of amides is 3. The van der Waals surface area contributed by atoms with Gasteiger partial charge in [0.25, 0.3) is 0 Å². The van der Waals surface area contributed by atoms with E-state index in [1.807, 2.05) is 41.8 Å². The second kappa shape index (κ2) is 18.3. The van der Waals surface area contributed by atoms with Crippen LogP contribution in [0, 0.1) is 17.7 Å². The van der Waals surface area contributed by atoms with Gasteiger partial charge in [0.05, 0.1) is 38.5 Å². The molecule has 5 rings (SSSR count). The molecule has 0 saturated heterocycles. The summed E-state index contributed by atoms with van der Waals surface area (Å²) in [5.74, 6) is -2.24. The Balaban J connectivity index is 1.42. The van der Waals surface area contributed by atoms with Gasteiger partial charge in [0.15, 0.2) is 0 Å². The van der Waals surface area contributed by atoms with Gasteiger partial charge in [-0.15, -0.1) is 11.3 Å². The number of aryl methyl sites for hydroxylation is 1. The third kappa shape index (κ3) is 10.2. The van der Waals surface area contributed by atoms with Gasteiger partial charge in [-0.05, 0) is 83.9 Å². The van der Waals surface area contributed by atoms with Crippen LogP contribution in [0.25, 0.3) is 11.1 Å². The van der Waals surface area contributed by atoms with Crippen LogP contribution in [-0.2, 0) is 33.6 Å². The van der Waals surface area contributed by atoms with Crippen molar-refractivity contribution in [3.05, 3.63) is 106 Å². The lowest BCUT2D eigenvalue weighted by atomic mass is 9.86. The van der Waals surface area contributed by atoms with Crippen molar-refractivity contribution in [2.45, 2.75) is 76.3 Å². The number of alkyl carbamates (subject to hydrolysis) is 1. The Morgan fingerprint density at radius 2 is 1.70 bits per heavy atom. The minimum Gasteiger partial charge on any atom is -0.481 e. The molecule has 0 unspecified atom stereocenters. The number of aliphatic hydroxyl groups excluding tert-OH is 2. The predicted molar refractivity (Wildman–Crippen MR) is 200 cm³/mol. The van der Waals surface area contributed by atoms with Gasteiger partial charge in [-0.1, -0.05) is 56.3 Å². The summed E-state index contributed by atoms with van der Waals surface area (Å²) in [7, 11) is 2.75. The monoisotopic (exact) mass is 746 g/mol. The molecule has 1 aliphatic rings. The summed E-state index contributed by atoms with van der Waals surface area (Å²) in [4.78, 5) is 45.3. The Morgan fingerprint density at radius 1 is 0.962 bits per heavy atom. The van der Waals surface area contributed by atoms with E-state index in [0.29, 0.717) is 24.3 Å². The van der Waals surface area contributed by atoms with E-state index in [4.69, 9.17) is 9.47 Å². The number of rotatable bonds is 15. The number of nitrogens with zero attached hydrogens (tertiary/aromatic N) is 1. The van der Waals surface area contributed by atoms with E-state index in [1.165, 1.54) is 13.2 Å². The van der Waals surface area contributed by atoms with E-state index < -0.39 is 60.0 Å². The normalized spacial score (nSPS) is 17.5. The first kappa shape index (κ1) is 39.4. The van der Waals surface area contributed by atoms with Gasteiger partial charge in [-0.2, -0.15) is 0 Å². The molecule has 2 aromatic carbocycles. The summed E-state index contributed by atoms with van der Waals surface area (Å²) in [6, 6.07) is 16.7. The van der Waals surface area contributed by atoms with Crippen LogP contribution in [0.2, 0.25) is 0 Å². The molecule has 13 heteroatoms. The molecule has 11 nitrogen and oxygen atoms in total. The average molecular weight is 747 g/mol. The molecule has 5 N–H and O–H groups in total. The molecular weight excluding hydrogens is 700 g/mol. The summed E-state index contributed by atoms with van der Waals surface area (Å²) in [6.45, 7) is 3.54. The zero-order valence-corrected chi connectivity index (χ0v) is 31.1. The Labute approximate surface area is 313 Å². The van der Waals surface area contributed by atoms with E-state index in [2.05, 4.69) is 20.9 Å². The lowest BCUT2D eigenvalue weighted by molar-refractivity contribution is -0.128. The highest BCUT2D eigenvalue weighted by molar-refractivity contribution is 7.10. The van der Waals surface area contributed by atoms with Crippen molar-refractivity contribution in [3.63, 3.8) is 0 Å². The van der Waals surface area contributed by atoms with Gasteiger partial charge in [0.1, 0.15) is 11.9 Å². The zero-order chi connectivity index (χ0) is 38.1. The molecule has 0 spiro atoms. The minimum absolute atomic E-state index is 0.0291. The zero-order valence-electron chi connectivity index (χ0n) is 30.3. The van der Waals surface area contributed by atoms with Gasteiger partial charge in [-0.25, -0.2) is 14.2 Å². The molecule has 3 amide bonds. The number of pyridine rings is 1. The van der Waals surface area contributed by atoms with Crippen molar-refractivity contribution < 1.29 is 38.5 Å². The lowest BCUT2D eigenvalue weighted by Crippen LogP contribution is -2.55. The highest BCUT2D eigenvalue weighted by Crippen LogP contribution is 2.34. The number of hydrogen-bond donors (Lipinski definition) is 5. The number of ether oxygens (including phenoxy) is 2. The fourth-order valence-electron chi connectivity index (χ4n) is 6.63. The quantitative estimate of drug-likeness (QED) is 0.112. The fourth-order valence-corrected chi connectivity index (χ4v) is 7.58. The Morgan fingerprint density at radius 3 is 2.36 bits per heavy atom. The summed E-state index contributed by atoms with van der Waals surface area (Å²) in [5, 5.41) is 33.3. The molecule has 2 heterocycles. The third-order valence-corrected chi connectivity index (χ3v) is 10.7. The largest absolute Gasteiger partial charge is 0.481 e. The first-order chi connectivity index (χ1) is 25.5. The Hall–Kier alpha value is -4.85. The van der Waals surface area contributed by atoms with E-state index in [0.717, 1.165) is 27.1 Å². The van der Waals surface area contributed by atoms with Crippen LogP contribution in [-0.4, -0.2) is 71.6 Å². The van der Waals surface area contributed by atoms with Gasteiger partial charge in [-0.3, -0.25) is 9.59 Å². The van der Waals surface area contributed by atoms with Crippen LogP contribution in [0.3, 0.4) is 0 Å². The van der Waals surface area contributed by atoms with Gasteiger partial charge >= 0.3 is 6.09 Å². The van der Waals surface area contributed by atoms with Crippen molar-refractivity contribution >= 4 is 29.2 Å². The van der Waals surface area contributed by atoms with Crippen LogP contribution < -0.4 is 20.7 Å². The summed E-state index contributed by atoms with van der Waals surface area (Å²) < 4.78 is 24.9. The Bertz CT molecular complexity index is 1840. The average Bonchev–Trinajstić information content (AvgIpc) is 3.64. The van der Waals surface area contributed by atoms with Gasteiger partial charge in [0, 0.05) is 28.6 Å². The standard InChI is InChI=1S/C40H47FN4O7S/c1-23(2)36(45-40(50)52-4)39(49)43-31(19-24-9-11-25(12-10-24)27-13-16-35(51-3)42-22-27)33(47)21-28(20-26-7-5-6-8-30(26)41)38(48)44-37-29-17-18-53-34(29)15-14-32(37)46/h5-13,16-18,22-23,28,31-33,36-37,46-47H,14-15,19-21H2,1-4H3,(H,43,49)(H,44,48)(H,45,50)/t28-,31+,32-,33+,36+,37+/m1/s1.